The summed E-state index contributed by atoms with van der Waals surface area (Å²) in [5, 5.41) is 0. The Kier molecular flexibility index (Phi) is 4.53. The summed E-state index contributed by atoms with van der Waals surface area (Å²) in [6, 6.07) is 4.20. The SMILES string of the molecule is C1=Cc2cnccc2N(CCCN2CCOCC2)c2ccncc21. The topological polar surface area (TPSA) is 41.5 Å². The van der Waals surface area contributed by atoms with Gasteiger partial charge in [-0.25, -0.2) is 0 Å². The highest BCUT2D eigenvalue weighted by Crippen LogP contribution is 2.35. The van der Waals surface area contributed by atoms with Crippen LogP contribution in [0.4, 0.5) is 11.4 Å². The van der Waals surface area contributed by atoms with Crippen LogP contribution >= 0.6 is 0 Å². The Labute approximate surface area is 142 Å². The van der Waals surface area contributed by atoms with Crippen LogP contribution in [0.2, 0.25) is 0 Å². The van der Waals surface area contributed by atoms with Crippen molar-refractivity contribution in [1.82, 2.24) is 14.9 Å². The van der Waals surface area contributed by atoms with E-state index in [1.165, 1.54) is 11.4 Å². The number of rotatable bonds is 4. The van der Waals surface area contributed by atoms with Gasteiger partial charge in [0.15, 0.2) is 0 Å². The van der Waals surface area contributed by atoms with Gasteiger partial charge in [0.2, 0.25) is 0 Å². The van der Waals surface area contributed by atoms with Crippen LogP contribution in [0.25, 0.3) is 12.2 Å². The van der Waals surface area contributed by atoms with E-state index in [-0.39, 0.29) is 0 Å². The zero-order chi connectivity index (χ0) is 16.2. The van der Waals surface area contributed by atoms with Crippen molar-refractivity contribution in [2.75, 3.05) is 44.3 Å². The Morgan fingerprint density at radius 3 is 2.12 bits per heavy atom. The third kappa shape index (κ3) is 3.18. The highest BCUT2D eigenvalue weighted by atomic mass is 16.5. The lowest BCUT2D eigenvalue weighted by Crippen LogP contribution is -2.37. The number of hydrogen-bond donors (Lipinski definition) is 0. The first-order valence-electron chi connectivity index (χ1n) is 8.55. The molecule has 1 fully saturated rings. The second kappa shape index (κ2) is 7.11. The van der Waals surface area contributed by atoms with Gasteiger partial charge in [-0.2, -0.15) is 0 Å². The molecule has 0 bridgehead atoms. The highest BCUT2D eigenvalue weighted by molar-refractivity contribution is 5.87. The van der Waals surface area contributed by atoms with Gasteiger partial charge in [0.05, 0.1) is 24.6 Å². The van der Waals surface area contributed by atoms with Gasteiger partial charge in [-0.1, -0.05) is 12.2 Å². The van der Waals surface area contributed by atoms with Crippen LogP contribution in [0.15, 0.2) is 36.9 Å². The molecule has 24 heavy (non-hydrogen) atoms. The van der Waals surface area contributed by atoms with E-state index in [2.05, 4.69) is 44.1 Å². The summed E-state index contributed by atoms with van der Waals surface area (Å²) in [4.78, 5) is 13.4. The van der Waals surface area contributed by atoms with Crippen LogP contribution in [-0.2, 0) is 4.74 Å². The van der Waals surface area contributed by atoms with E-state index in [1.54, 1.807) is 0 Å². The van der Waals surface area contributed by atoms with E-state index in [0.29, 0.717) is 0 Å². The maximum atomic E-state index is 5.43. The van der Waals surface area contributed by atoms with E-state index < -0.39 is 0 Å². The molecule has 0 saturated carbocycles. The molecule has 1 saturated heterocycles. The Morgan fingerprint density at radius 1 is 0.875 bits per heavy atom. The number of ether oxygens (including phenoxy) is 1. The lowest BCUT2D eigenvalue weighted by Gasteiger charge is -2.30. The number of aromatic nitrogens is 2. The van der Waals surface area contributed by atoms with Crippen LogP contribution < -0.4 is 4.90 Å². The Bertz CT molecular complexity index is 675. The van der Waals surface area contributed by atoms with Gasteiger partial charge in [-0.15, -0.1) is 0 Å². The van der Waals surface area contributed by atoms with Crippen molar-refractivity contribution in [1.29, 1.82) is 0 Å². The molecule has 2 aromatic heterocycles. The number of fused-ring (bicyclic) bond motifs is 2. The summed E-state index contributed by atoms with van der Waals surface area (Å²) in [7, 11) is 0. The fraction of sp³-hybridized carbons (Fsp3) is 0.368. The van der Waals surface area contributed by atoms with Crippen LogP contribution in [0.1, 0.15) is 17.5 Å². The molecule has 2 aliphatic rings. The van der Waals surface area contributed by atoms with Crippen molar-refractivity contribution >= 4 is 23.5 Å². The van der Waals surface area contributed by atoms with Crippen molar-refractivity contribution in [2.24, 2.45) is 0 Å². The third-order valence-electron chi connectivity index (χ3n) is 4.64. The molecule has 0 radical (unpaired) electrons. The first-order chi connectivity index (χ1) is 11.9. The second-order valence-electron chi connectivity index (χ2n) is 6.16. The predicted octanol–water partition coefficient (Wildman–Crippen LogP) is 2.82. The molecule has 0 atom stereocenters. The quantitative estimate of drug-likeness (QED) is 0.866. The molecule has 124 valence electrons. The summed E-state index contributed by atoms with van der Waals surface area (Å²) in [5.41, 5.74) is 4.74. The molecule has 5 nitrogen and oxygen atoms in total. The van der Waals surface area contributed by atoms with Crippen molar-refractivity contribution in [2.45, 2.75) is 6.42 Å². The highest BCUT2D eigenvalue weighted by Gasteiger charge is 2.18. The number of pyridine rings is 2. The minimum atomic E-state index is 0.858. The van der Waals surface area contributed by atoms with Crippen LogP contribution in [-0.4, -0.2) is 54.3 Å². The van der Waals surface area contributed by atoms with Gasteiger partial charge >= 0.3 is 0 Å². The van der Waals surface area contributed by atoms with Gasteiger partial charge < -0.3 is 9.64 Å². The number of hydrogen-bond acceptors (Lipinski definition) is 5. The molecule has 0 aromatic carbocycles. The van der Waals surface area contributed by atoms with Crippen molar-refractivity contribution in [3.8, 4) is 0 Å². The molecular weight excluding hydrogens is 300 g/mol. The Balaban J connectivity index is 1.55. The first kappa shape index (κ1) is 15.3. The molecule has 2 aromatic rings. The Hall–Kier alpha value is -2.24. The normalized spacial score (nSPS) is 17.2. The van der Waals surface area contributed by atoms with Gasteiger partial charge in [0.1, 0.15) is 0 Å². The lowest BCUT2D eigenvalue weighted by molar-refractivity contribution is 0.0377. The summed E-state index contributed by atoms with van der Waals surface area (Å²) in [6.45, 7) is 5.89. The monoisotopic (exact) mass is 322 g/mol. The fourth-order valence-corrected chi connectivity index (χ4v) is 3.37. The maximum Gasteiger partial charge on any atom is 0.0594 e. The minimum absolute atomic E-state index is 0.858. The molecule has 4 rings (SSSR count). The van der Waals surface area contributed by atoms with Crippen molar-refractivity contribution in [3.63, 3.8) is 0 Å². The summed E-state index contributed by atoms with van der Waals surface area (Å²) < 4.78 is 5.43. The second-order valence-corrected chi connectivity index (χ2v) is 6.16. The van der Waals surface area contributed by atoms with Crippen LogP contribution in [0.5, 0.6) is 0 Å². The lowest BCUT2D eigenvalue weighted by atomic mass is 10.2. The molecule has 0 spiro atoms. The van der Waals surface area contributed by atoms with E-state index in [1.807, 2.05) is 24.8 Å². The smallest absolute Gasteiger partial charge is 0.0594 e. The molecule has 5 heteroatoms. The zero-order valence-electron chi connectivity index (χ0n) is 13.8. The number of anilines is 2. The van der Waals surface area contributed by atoms with Crippen LogP contribution in [0.3, 0.4) is 0 Å². The van der Waals surface area contributed by atoms with E-state index in [4.69, 9.17) is 4.74 Å². The minimum Gasteiger partial charge on any atom is -0.379 e. The van der Waals surface area contributed by atoms with Gasteiger partial charge in [-0.05, 0) is 18.6 Å². The Morgan fingerprint density at radius 2 is 1.50 bits per heavy atom. The van der Waals surface area contributed by atoms with Crippen LogP contribution in [0, 0.1) is 0 Å². The molecule has 0 amide bonds. The first-order valence-corrected chi connectivity index (χ1v) is 8.55. The largest absolute Gasteiger partial charge is 0.379 e. The summed E-state index contributed by atoms with van der Waals surface area (Å²) in [6.07, 6.45) is 13.0. The molecule has 0 unspecified atom stereocenters. The summed E-state index contributed by atoms with van der Waals surface area (Å²) in [5.74, 6) is 0. The van der Waals surface area contributed by atoms with E-state index >= 15 is 0 Å². The van der Waals surface area contributed by atoms with Gasteiger partial charge in [0.25, 0.3) is 0 Å². The van der Waals surface area contributed by atoms with Gasteiger partial charge in [-0.3, -0.25) is 14.9 Å². The standard InChI is InChI=1S/C19H22N4O/c1(8-22-10-12-24-13-11-22)9-23-18-4-6-20-14-16(18)2-3-17-15-21-7-5-19(17)23/h2-7,14-15H,1,8-13H2. The van der Waals surface area contributed by atoms with Gasteiger partial charge in [0, 0.05) is 62.1 Å². The third-order valence-corrected chi connectivity index (χ3v) is 4.64. The predicted molar refractivity (Wildman–Crippen MR) is 96.3 cm³/mol. The number of nitrogens with zero attached hydrogens (tertiary/aromatic N) is 4. The van der Waals surface area contributed by atoms with Crippen molar-refractivity contribution < 1.29 is 4.74 Å². The average Bonchev–Trinajstić information content (AvgIpc) is 2.80. The summed E-state index contributed by atoms with van der Waals surface area (Å²) >= 11 is 0. The molecule has 0 aliphatic carbocycles. The fourth-order valence-electron chi connectivity index (χ4n) is 3.37. The molecule has 0 N–H and O–H groups in total. The van der Waals surface area contributed by atoms with E-state index in [9.17, 15) is 0 Å². The molecule has 4 heterocycles. The molecule has 2 aliphatic heterocycles. The van der Waals surface area contributed by atoms with Crippen molar-refractivity contribution in [3.05, 3.63) is 48.0 Å². The number of morpholine rings is 1. The average molecular weight is 322 g/mol. The van der Waals surface area contributed by atoms with E-state index in [0.717, 1.165) is 56.9 Å². The molecular formula is C19H22N4O. The maximum absolute atomic E-state index is 5.43. The zero-order valence-corrected chi connectivity index (χ0v) is 13.8.